The van der Waals surface area contributed by atoms with Crippen LogP contribution in [-0.4, -0.2) is 25.6 Å². The zero-order chi connectivity index (χ0) is 18.2. The molecule has 0 fully saturated rings. The summed E-state index contributed by atoms with van der Waals surface area (Å²) in [6, 6.07) is 14.2. The van der Waals surface area contributed by atoms with Gasteiger partial charge in [-0.1, -0.05) is 32.0 Å². The molecule has 0 bridgehead atoms. The largest absolute Gasteiger partial charge is 0.497 e. The lowest BCUT2D eigenvalue weighted by atomic mass is 9.97. The minimum atomic E-state index is -0.548. The highest BCUT2D eigenvalue weighted by Gasteiger charge is 2.13. The van der Waals surface area contributed by atoms with Crippen LogP contribution in [0, 0.1) is 0 Å². The summed E-state index contributed by atoms with van der Waals surface area (Å²) in [5.74, 6) is 0.0694. The van der Waals surface area contributed by atoms with E-state index in [0.29, 0.717) is 17.2 Å². The first-order valence-corrected chi connectivity index (χ1v) is 8.25. The van der Waals surface area contributed by atoms with Gasteiger partial charge in [-0.05, 0) is 48.2 Å². The van der Waals surface area contributed by atoms with Gasteiger partial charge in [0.1, 0.15) is 5.75 Å². The molecule has 2 aromatic carbocycles. The third kappa shape index (κ3) is 5.08. The van der Waals surface area contributed by atoms with E-state index in [9.17, 15) is 9.59 Å². The van der Waals surface area contributed by atoms with Crippen molar-refractivity contribution in [1.82, 2.24) is 0 Å². The Morgan fingerprint density at radius 1 is 1.08 bits per heavy atom. The molecule has 0 heterocycles. The molecule has 0 spiro atoms. The summed E-state index contributed by atoms with van der Waals surface area (Å²) < 4.78 is 10.1. The summed E-state index contributed by atoms with van der Waals surface area (Å²) >= 11 is 0. The summed E-state index contributed by atoms with van der Waals surface area (Å²) in [5, 5.41) is 2.81. The van der Waals surface area contributed by atoms with Crippen molar-refractivity contribution in [2.75, 3.05) is 19.0 Å². The maximum atomic E-state index is 12.1. The molecule has 25 heavy (non-hydrogen) atoms. The highest BCUT2D eigenvalue weighted by molar-refractivity contribution is 5.96. The van der Waals surface area contributed by atoms with Crippen LogP contribution in [0.1, 0.15) is 42.1 Å². The number of ether oxygens (including phenoxy) is 2. The van der Waals surface area contributed by atoms with E-state index in [1.165, 1.54) is 0 Å². The van der Waals surface area contributed by atoms with Crippen molar-refractivity contribution in [2.45, 2.75) is 26.2 Å². The number of esters is 1. The Labute approximate surface area is 148 Å². The Morgan fingerprint density at radius 2 is 1.76 bits per heavy atom. The van der Waals surface area contributed by atoms with Crippen molar-refractivity contribution >= 4 is 17.6 Å². The highest BCUT2D eigenvalue weighted by Crippen LogP contribution is 2.26. The second-order valence-electron chi connectivity index (χ2n) is 5.75. The molecular weight excluding hydrogens is 318 g/mol. The average Bonchev–Trinajstić information content (AvgIpc) is 2.66. The Balaban J connectivity index is 1.93. The topological polar surface area (TPSA) is 64.6 Å². The molecule has 0 aliphatic heterocycles. The lowest BCUT2D eigenvalue weighted by Gasteiger charge is -2.15. The van der Waals surface area contributed by atoms with Crippen LogP contribution in [0.5, 0.6) is 5.75 Å². The Kier molecular flexibility index (Phi) is 6.57. The number of hydrogen-bond donors (Lipinski definition) is 1. The van der Waals surface area contributed by atoms with Gasteiger partial charge in [-0.2, -0.15) is 0 Å². The first-order valence-electron chi connectivity index (χ1n) is 8.25. The summed E-state index contributed by atoms with van der Waals surface area (Å²) in [4.78, 5) is 24.1. The molecule has 0 aromatic heterocycles. The molecule has 1 N–H and O–H groups in total. The third-order valence-electron chi connectivity index (χ3n) is 4.04. The van der Waals surface area contributed by atoms with Crippen LogP contribution in [0.2, 0.25) is 0 Å². The summed E-state index contributed by atoms with van der Waals surface area (Å²) in [7, 11) is 1.55. The number of amides is 1. The van der Waals surface area contributed by atoms with Gasteiger partial charge in [0.2, 0.25) is 0 Å². The van der Waals surface area contributed by atoms with Crippen LogP contribution >= 0.6 is 0 Å². The van der Waals surface area contributed by atoms with Crippen molar-refractivity contribution in [3.63, 3.8) is 0 Å². The first kappa shape index (κ1) is 18.5. The number of benzene rings is 2. The van der Waals surface area contributed by atoms with Gasteiger partial charge in [0, 0.05) is 5.69 Å². The minimum absolute atomic E-state index is 0.332. The van der Waals surface area contributed by atoms with E-state index in [1.54, 1.807) is 31.4 Å². The smallest absolute Gasteiger partial charge is 0.338 e. The van der Waals surface area contributed by atoms with Gasteiger partial charge in [0.05, 0.1) is 12.7 Å². The molecule has 2 aromatic rings. The normalized spacial score (nSPS) is 11.5. The minimum Gasteiger partial charge on any atom is -0.497 e. The van der Waals surface area contributed by atoms with E-state index in [1.807, 2.05) is 24.3 Å². The van der Waals surface area contributed by atoms with E-state index in [2.05, 4.69) is 19.2 Å². The molecule has 1 amide bonds. The molecule has 1 unspecified atom stereocenters. The molecule has 5 heteroatoms. The van der Waals surface area contributed by atoms with E-state index in [4.69, 9.17) is 9.47 Å². The molecule has 5 nitrogen and oxygen atoms in total. The predicted molar refractivity (Wildman–Crippen MR) is 97.1 cm³/mol. The molecule has 2 rings (SSSR count). The summed E-state index contributed by atoms with van der Waals surface area (Å²) in [6.45, 7) is 3.87. The van der Waals surface area contributed by atoms with Gasteiger partial charge in [-0.15, -0.1) is 0 Å². The van der Waals surface area contributed by atoms with Crippen LogP contribution in [0.25, 0.3) is 0 Å². The lowest BCUT2D eigenvalue weighted by molar-refractivity contribution is -0.119. The molecule has 0 saturated heterocycles. The maximum Gasteiger partial charge on any atom is 0.338 e. The van der Waals surface area contributed by atoms with E-state index in [-0.39, 0.29) is 12.5 Å². The quantitative estimate of drug-likeness (QED) is 0.773. The number of carbonyl (C=O) groups is 2. The Hall–Kier alpha value is -2.82. The van der Waals surface area contributed by atoms with Crippen LogP contribution in [0.4, 0.5) is 5.69 Å². The molecule has 0 aliphatic carbocycles. The number of rotatable bonds is 7. The fraction of sp³-hybridized carbons (Fsp3) is 0.300. The molecule has 0 radical (unpaired) electrons. The highest BCUT2D eigenvalue weighted by atomic mass is 16.5. The summed E-state index contributed by atoms with van der Waals surface area (Å²) in [6.07, 6.45) is 0.972. The number of nitrogens with one attached hydrogen (secondary N) is 1. The van der Waals surface area contributed by atoms with Crippen LogP contribution in [0.15, 0.2) is 48.5 Å². The first-order chi connectivity index (χ1) is 12.0. The third-order valence-corrected chi connectivity index (χ3v) is 4.04. The van der Waals surface area contributed by atoms with E-state index < -0.39 is 5.97 Å². The monoisotopic (exact) mass is 341 g/mol. The van der Waals surface area contributed by atoms with Crippen molar-refractivity contribution in [3.05, 3.63) is 59.7 Å². The fourth-order valence-corrected chi connectivity index (χ4v) is 2.39. The van der Waals surface area contributed by atoms with Crippen LogP contribution in [0.3, 0.4) is 0 Å². The second kappa shape index (κ2) is 8.87. The molecule has 0 saturated carbocycles. The summed E-state index contributed by atoms with van der Waals surface area (Å²) in [5.41, 5.74) is 2.19. The van der Waals surface area contributed by atoms with Crippen molar-refractivity contribution in [2.24, 2.45) is 0 Å². The van der Waals surface area contributed by atoms with Crippen molar-refractivity contribution < 1.29 is 19.1 Å². The number of methoxy groups -OCH3 is 1. The van der Waals surface area contributed by atoms with Gasteiger partial charge in [-0.25, -0.2) is 4.79 Å². The average molecular weight is 341 g/mol. The molecule has 132 valence electrons. The van der Waals surface area contributed by atoms with E-state index in [0.717, 1.165) is 17.7 Å². The number of para-hydroxylation sites is 1. The zero-order valence-electron chi connectivity index (χ0n) is 14.7. The number of anilines is 1. The Morgan fingerprint density at radius 3 is 2.40 bits per heavy atom. The van der Waals surface area contributed by atoms with Crippen molar-refractivity contribution in [1.29, 1.82) is 0 Å². The molecule has 0 aliphatic rings. The maximum absolute atomic E-state index is 12.1. The van der Waals surface area contributed by atoms with Gasteiger partial charge in [0.25, 0.3) is 5.91 Å². The van der Waals surface area contributed by atoms with Crippen LogP contribution < -0.4 is 10.1 Å². The lowest BCUT2D eigenvalue weighted by Crippen LogP contribution is -2.21. The Bertz CT molecular complexity index is 725. The SMILES string of the molecule is CCC(C)c1ccccc1NC(=O)COC(=O)c1ccc(OC)cc1. The fourth-order valence-electron chi connectivity index (χ4n) is 2.39. The van der Waals surface area contributed by atoms with Gasteiger partial charge >= 0.3 is 5.97 Å². The van der Waals surface area contributed by atoms with Gasteiger partial charge in [0.15, 0.2) is 6.61 Å². The van der Waals surface area contributed by atoms with Gasteiger partial charge < -0.3 is 14.8 Å². The standard InChI is InChI=1S/C20H23NO4/c1-4-14(2)17-7-5-6-8-18(17)21-19(22)13-25-20(23)15-9-11-16(24-3)12-10-15/h5-12,14H,4,13H2,1-3H3,(H,21,22). The van der Waals surface area contributed by atoms with Crippen LogP contribution in [-0.2, 0) is 9.53 Å². The predicted octanol–water partition coefficient (Wildman–Crippen LogP) is 4.00. The second-order valence-corrected chi connectivity index (χ2v) is 5.75. The van der Waals surface area contributed by atoms with Gasteiger partial charge in [-0.3, -0.25) is 4.79 Å². The zero-order valence-corrected chi connectivity index (χ0v) is 14.7. The molecular formula is C20H23NO4. The molecule has 1 atom stereocenters. The number of carbonyl (C=O) groups excluding carboxylic acids is 2. The number of hydrogen-bond acceptors (Lipinski definition) is 4. The van der Waals surface area contributed by atoms with E-state index >= 15 is 0 Å². The van der Waals surface area contributed by atoms with Crippen molar-refractivity contribution in [3.8, 4) is 5.75 Å².